The Bertz CT molecular complexity index is 939. The minimum atomic E-state index is -4.53. The van der Waals surface area contributed by atoms with Gasteiger partial charge in [-0.2, -0.15) is 13.2 Å². The summed E-state index contributed by atoms with van der Waals surface area (Å²) in [5.41, 5.74) is 1.07. The van der Waals surface area contributed by atoms with E-state index in [0.717, 1.165) is 23.1 Å². The van der Waals surface area contributed by atoms with Gasteiger partial charge in [-0.05, 0) is 24.6 Å². The highest BCUT2D eigenvalue weighted by atomic mass is 19.4. The lowest BCUT2D eigenvalue weighted by atomic mass is 10.0. The standard InChI is InChI=1S/C20H19F3N2O3/c21-20(22,23)13-3-4-14(24-5-7-28-8-6-24)15(10-13)25-18(26)16-11-1-2-12(9-11)17(16)19(25)27/h1-4,10-12,26-27H,5-9H2/t11-,12+. The highest BCUT2D eigenvalue weighted by Gasteiger charge is 2.42. The van der Waals surface area contributed by atoms with Crippen LogP contribution in [0.25, 0.3) is 5.69 Å². The molecule has 1 aliphatic heterocycles. The summed E-state index contributed by atoms with van der Waals surface area (Å²) in [6, 6.07) is 3.43. The van der Waals surface area contributed by atoms with Crippen LogP contribution in [0.4, 0.5) is 18.9 Å². The number of ether oxygens (including phenoxy) is 1. The molecule has 28 heavy (non-hydrogen) atoms. The van der Waals surface area contributed by atoms with Crippen molar-refractivity contribution < 1.29 is 28.1 Å². The molecule has 2 aromatic rings. The number of halogens is 3. The fraction of sp³-hybridized carbons (Fsp3) is 0.400. The van der Waals surface area contributed by atoms with Crippen LogP contribution in [0.1, 0.15) is 34.9 Å². The zero-order valence-corrected chi connectivity index (χ0v) is 14.9. The normalized spacial score (nSPS) is 23.5. The molecule has 0 saturated carbocycles. The molecular weight excluding hydrogens is 373 g/mol. The van der Waals surface area contributed by atoms with Crippen LogP contribution in [0.15, 0.2) is 30.4 Å². The van der Waals surface area contributed by atoms with Gasteiger partial charge in [0.2, 0.25) is 11.8 Å². The Morgan fingerprint density at radius 3 is 2.11 bits per heavy atom. The Hall–Kier alpha value is -2.61. The van der Waals surface area contributed by atoms with E-state index >= 15 is 0 Å². The molecule has 0 amide bonds. The maximum atomic E-state index is 13.4. The second-order valence-electron chi connectivity index (χ2n) is 7.44. The smallest absolute Gasteiger partial charge is 0.416 e. The fourth-order valence-electron chi connectivity index (χ4n) is 4.62. The molecule has 2 atom stereocenters. The monoisotopic (exact) mass is 392 g/mol. The van der Waals surface area contributed by atoms with Gasteiger partial charge in [-0.1, -0.05) is 12.2 Å². The fourth-order valence-corrected chi connectivity index (χ4v) is 4.62. The Morgan fingerprint density at radius 2 is 1.54 bits per heavy atom. The predicted octanol–water partition coefficient (Wildman–Crippen LogP) is 3.88. The summed E-state index contributed by atoms with van der Waals surface area (Å²) in [7, 11) is 0. The van der Waals surface area contributed by atoms with Crippen molar-refractivity contribution in [2.45, 2.75) is 24.4 Å². The summed E-state index contributed by atoms with van der Waals surface area (Å²) < 4.78 is 46.6. The Balaban J connectivity index is 1.71. The number of hydrogen-bond acceptors (Lipinski definition) is 4. The van der Waals surface area contributed by atoms with Crippen molar-refractivity contribution in [2.24, 2.45) is 0 Å². The molecule has 1 fully saturated rings. The first-order valence-corrected chi connectivity index (χ1v) is 9.25. The number of hydrogen-bond donors (Lipinski definition) is 2. The molecule has 2 aliphatic carbocycles. The molecule has 2 N–H and O–H groups in total. The lowest BCUT2D eigenvalue weighted by Crippen LogP contribution is -2.36. The first kappa shape index (κ1) is 17.5. The van der Waals surface area contributed by atoms with E-state index < -0.39 is 11.7 Å². The first-order chi connectivity index (χ1) is 13.4. The second-order valence-corrected chi connectivity index (χ2v) is 7.44. The number of rotatable bonds is 2. The van der Waals surface area contributed by atoms with Crippen molar-refractivity contribution in [3.05, 3.63) is 47.0 Å². The number of aromatic hydroxyl groups is 2. The van der Waals surface area contributed by atoms with E-state index in [9.17, 15) is 23.4 Å². The van der Waals surface area contributed by atoms with Gasteiger partial charge in [0.1, 0.15) is 0 Å². The number of anilines is 1. The number of morpholine rings is 1. The van der Waals surface area contributed by atoms with Gasteiger partial charge in [0.05, 0.1) is 30.2 Å². The van der Waals surface area contributed by atoms with E-state index in [1.54, 1.807) is 0 Å². The van der Waals surface area contributed by atoms with Crippen LogP contribution in [-0.4, -0.2) is 41.1 Å². The quantitative estimate of drug-likeness (QED) is 0.762. The number of aromatic nitrogens is 1. The summed E-state index contributed by atoms with van der Waals surface area (Å²) in [6.45, 7) is 1.98. The third-order valence-corrected chi connectivity index (χ3v) is 5.92. The molecule has 1 aromatic carbocycles. The summed E-state index contributed by atoms with van der Waals surface area (Å²) in [5.74, 6) is -0.383. The number of alkyl halides is 3. The van der Waals surface area contributed by atoms with Crippen molar-refractivity contribution in [3.8, 4) is 17.4 Å². The van der Waals surface area contributed by atoms with Crippen molar-refractivity contribution in [1.29, 1.82) is 0 Å². The highest BCUT2D eigenvalue weighted by Crippen LogP contribution is 2.57. The van der Waals surface area contributed by atoms with Crippen molar-refractivity contribution >= 4 is 5.69 Å². The molecule has 0 unspecified atom stereocenters. The minimum absolute atomic E-state index is 0.00946. The van der Waals surface area contributed by atoms with E-state index in [1.807, 2.05) is 17.1 Å². The number of benzene rings is 1. The molecule has 2 heterocycles. The van der Waals surface area contributed by atoms with Crippen LogP contribution in [0.5, 0.6) is 11.8 Å². The molecular formula is C20H19F3N2O3. The van der Waals surface area contributed by atoms with Gasteiger partial charge < -0.3 is 19.8 Å². The van der Waals surface area contributed by atoms with E-state index in [1.165, 1.54) is 6.07 Å². The molecule has 148 valence electrons. The van der Waals surface area contributed by atoms with Gasteiger partial charge >= 0.3 is 6.18 Å². The average Bonchev–Trinajstić information content (AvgIpc) is 3.35. The molecule has 5 rings (SSSR count). The summed E-state index contributed by atoms with van der Waals surface area (Å²) in [6.07, 6.45) is 0.211. The summed E-state index contributed by atoms with van der Waals surface area (Å²) in [4.78, 5) is 1.91. The van der Waals surface area contributed by atoms with E-state index in [4.69, 9.17) is 4.74 Å². The molecule has 8 heteroatoms. The molecule has 1 saturated heterocycles. The second kappa shape index (κ2) is 5.94. The molecule has 5 nitrogen and oxygen atoms in total. The third-order valence-electron chi connectivity index (χ3n) is 5.92. The van der Waals surface area contributed by atoms with Gasteiger partial charge in [-0.25, -0.2) is 4.57 Å². The van der Waals surface area contributed by atoms with Crippen LogP contribution in [0.3, 0.4) is 0 Å². The Morgan fingerprint density at radius 1 is 0.929 bits per heavy atom. The predicted molar refractivity (Wildman–Crippen MR) is 96.4 cm³/mol. The van der Waals surface area contributed by atoms with Crippen LogP contribution >= 0.6 is 0 Å². The van der Waals surface area contributed by atoms with Gasteiger partial charge in [-0.3, -0.25) is 0 Å². The molecule has 3 aliphatic rings. The van der Waals surface area contributed by atoms with Gasteiger partial charge in [0, 0.05) is 36.1 Å². The maximum absolute atomic E-state index is 13.4. The average molecular weight is 392 g/mol. The third kappa shape index (κ3) is 2.44. The molecule has 0 spiro atoms. The minimum Gasteiger partial charge on any atom is -0.494 e. The van der Waals surface area contributed by atoms with Crippen LogP contribution < -0.4 is 4.90 Å². The van der Waals surface area contributed by atoms with Gasteiger partial charge in [-0.15, -0.1) is 0 Å². The summed E-state index contributed by atoms with van der Waals surface area (Å²) >= 11 is 0. The number of fused-ring (bicyclic) bond motifs is 5. The number of nitrogens with zero attached hydrogens (tertiary/aromatic N) is 2. The lowest BCUT2D eigenvalue weighted by molar-refractivity contribution is -0.137. The van der Waals surface area contributed by atoms with E-state index in [2.05, 4.69) is 0 Å². The van der Waals surface area contributed by atoms with Crippen LogP contribution in [0, 0.1) is 0 Å². The molecule has 0 radical (unpaired) electrons. The van der Waals surface area contributed by atoms with Crippen molar-refractivity contribution in [3.63, 3.8) is 0 Å². The zero-order valence-electron chi connectivity index (χ0n) is 14.9. The number of allylic oxidation sites excluding steroid dienone is 2. The Labute approximate surface area is 159 Å². The van der Waals surface area contributed by atoms with Crippen LogP contribution in [-0.2, 0) is 10.9 Å². The van der Waals surface area contributed by atoms with Crippen LogP contribution in [0.2, 0.25) is 0 Å². The van der Waals surface area contributed by atoms with Crippen molar-refractivity contribution in [2.75, 3.05) is 31.2 Å². The molecule has 2 bridgehead atoms. The summed E-state index contributed by atoms with van der Waals surface area (Å²) in [5, 5.41) is 21.7. The first-order valence-electron chi connectivity index (χ1n) is 9.25. The van der Waals surface area contributed by atoms with E-state index in [0.29, 0.717) is 43.1 Å². The largest absolute Gasteiger partial charge is 0.494 e. The van der Waals surface area contributed by atoms with Crippen molar-refractivity contribution in [1.82, 2.24) is 4.57 Å². The molecule has 1 aromatic heterocycles. The Kier molecular flexibility index (Phi) is 3.71. The highest BCUT2D eigenvalue weighted by molar-refractivity contribution is 5.70. The van der Waals surface area contributed by atoms with Gasteiger partial charge in [0.25, 0.3) is 0 Å². The lowest BCUT2D eigenvalue weighted by Gasteiger charge is -2.31. The topological polar surface area (TPSA) is 57.9 Å². The SMILES string of the molecule is Oc1c2c(c(O)n1-c1cc(C(F)(F)F)ccc1N1CCOCC1)[C@H]1C=C[C@@H]2C1. The maximum Gasteiger partial charge on any atom is 0.416 e. The zero-order chi connectivity index (χ0) is 19.6. The van der Waals surface area contributed by atoms with Gasteiger partial charge in [0.15, 0.2) is 0 Å². The van der Waals surface area contributed by atoms with E-state index in [-0.39, 0.29) is 29.3 Å².